The summed E-state index contributed by atoms with van der Waals surface area (Å²) in [5, 5.41) is 18.2. The van der Waals surface area contributed by atoms with Gasteiger partial charge in [-0.15, -0.1) is 0 Å². The fourth-order valence-electron chi connectivity index (χ4n) is 0.929. The molecule has 10 heavy (non-hydrogen) atoms. The maximum atomic E-state index is 9.19. The van der Waals surface area contributed by atoms with E-state index in [1.54, 1.807) is 6.92 Å². The van der Waals surface area contributed by atoms with Crippen molar-refractivity contribution in [1.82, 2.24) is 0 Å². The van der Waals surface area contributed by atoms with E-state index in [1.165, 1.54) is 0 Å². The average Bonchev–Trinajstić information content (AvgIpc) is 1.93. The number of aliphatic hydroxyl groups is 2. The summed E-state index contributed by atoms with van der Waals surface area (Å²) in [6, 6.07) is 0. The second-order valence-corrected chi connectivity index (χ2v) is 2.56. The highest BCUT2D eigenvalue weighted by Crippen LogP contribution is 2.18. The molecule has 0 aromatic rings. The van der Waals surface area contributed by atoms with Gasteiger partial charge in [-0.3, -0.25) is 0 Å². The zero-order chi connectivity index (χ0) is 7.72. The molecular formula is C7H12O3. The van der Waals surface area contributed by atoms with Gasteiger partial charge in [0.05, 0.1) is 12.7 Å². The molecule has 1 aliphatic heterocycles. The number of aliphatic hydroxyl groups excluding tert-OH is 2. The first kappa shape index (κ1) is 7.72. The van der Waals surface area contributed by atoms with Crippen molar-refractivity contribution in [3.63, 3.8) is 0 Å². The van der Waals surface area contributed by atoms with Crippen molar-refractivity contribution in [3.8, 4) is 0 Å². The van der Waals surface area contributed by atoms with Crippen LogP contribution in [-0.4, -0.2) is 35.1 Å². The Bertz CT molecular complexity index is 144. The minimum Gasteiger partial charge on any atom is -0.388 e. The second kappa shape index (κ2) is 2.70. The molecule has 1 heterocycles. The van der Waals surface area contributed by atoms with E-state index in [0.717, 1.165) is 0 Å². The van der Waals surface area contributed by atoms with Crippen molar-refractivity contribution < 1.29 is 14.9 Å². The molecule has 3 heteroatoms. The molecule has 1 aliphatic rings. The van der Waals surface area contributed by atoms with E-state index >= 15 is 0 Å². The van der Waals surface area contributed by atoms with Gasteiger partial charge < -0.3 is 14.9 Å². The van der Waals surface area contributed by atoms with Gasteiger partial charge in [-0.2, -0.15) is 0 Å². The Kier molecular flexibility index (Phi) is 2.08. The fourth-order valence-corrected chi connectivity index (χ4v) is 0.929. The first-order chi connectivity index (χ1) is 4.63. The number of hydrogen-bond donors (Lipinski definition) is 2. The van der Waals surface area contributed by atoms with Crippen molar-refractivity contribution in [3.05, 3.63) is 12.2 Å². The van der Waals surface area contributed by atoms with Crippen LogP contribution in [0.3, 0.4) is 0 Å². The van der Waals surface area contributed by atoms with Crippen LogP contribution in [0.2, 0.25) is 0 Å². The molecule has 0 aliphatic carbocycles. The molecule has 1 fully saturated rings. The van der Waals surface area contributed by atoms with Crippen LogP contribution >= 0.6 is 0 Å². The second-order valence-electron chi connectivity index (χ2n) is 2.56. The van der Waals surface area contributed by atoms with E-state index < -0.39 is 12.2 Å². The largest absolute Gasteiger partial charge is 0.388 e. The summed E-state index contributed by atoms with van der Waals surface area (Å²) in [6.45, 7) is 5.59. The Labute approximate surface area is 59.9 Å². The van der Waals surface area contributed by atoms with Gasteiger partial charge in [0.2, 0.25) is 0 Å². The first-order valence-corrected chi connectivity index (χ1v) is 3.29. The van der Waals surface area contributed by atoms with Crippen molar-refractivity contribution in [2.45, 2.75) is 25.2 Å². The maximum absolute atomic E-state index is 9.19. The van der Waals surface area contributed by atoms with Crippen LogP contribution in [0.25, 0.3) is 0 Å². The Morgan fingerprint density at radius 1 is 1.60 bits per heavy atom. The molecular weight excluding hydrogens is 132 g/mol. The highest BCUT2D eigenvalue weighted by atomic mass is 16.5. The molecule has 1 rings (SSSR count). The van der Waals surface area contributed by atoms with E-state index in [9.17, 15) is 5.11 Å². The third-order valence-electron chi connectivity index (χ3n) is 1.78. The van der Waals surface area contributed by atoms with Gasteiger partial charge in [0.25, 0.3) is 0 Å². The molecule has 2 N–H and O–H groups in total. The summed E-state index contributed by atoms with van der Waals surface area (Å²) in [6.07, 6.45) is -1.76. The minimum absolute atomic E-state index is 0.140. The molecule has 3 atom stereocenters. The fraction of sp³-hybridized carbons (Fsp3) is 0.714. The summed E-state index contributed by atoms with van der Waals surface area (Å²) >= 11 is 0. The van der Waals surface area contributed by atoms with Crippen LogP contribution in [0.4, 0.5) is 0 Å². The highest BCUT2D eigenvalue weighted by Gasteiger charge is 2.28. The number of rotatable bonds is 0. The lowest BCUT2D eigenvalue weighted by atomic mass is 9.99. The predicted octanol–water partition coefficient (Wildman–Crippen LogP) is -0.317. The normalized spacial score (nSPS) is 41.9. The molecule has 0 aromatic heterocycles. The molecule has 0 spiro atoms. The zero-order valence-corrected chi connectivity index (χ0v) is 5.95. The molecule has 1 saturated heterocycles. The van der Waals surface area contributed by atoms with Crippen molar-refractivity contribution in [2.24, 2.45) is 0 Å². The van der Waals surface area contributed by atoms with Crippen LogP contribution in [0.15, 0.2) is 12.2 Å². The average molecular weight is 144 g/mol. The summed E-state index contributed by atoms with van der Waals surface area (Å²) in [7, 11) is 0. The monoisotopic (exact) mass is 144 g/mol. The molecule has 58 valence electrons. The zero-order valence-electron chi connectivity index (χ0n) is 5.95. The summed E-state index contributed by atoms with van der Waals surface area (Å²) in [5.74, 6) is 0. The summed E-state index contributed by atoms with van der Waals surface area (Å²) in [4.78, 5) is 0. The van der Waals surface area contributed by atoms with Crippen molar-refractivity contribution in [2.75, 3.05) is 6.61 Å². The lowest BCUT2D eigenvalue weighted by Crippen LogP contribution is -2.41. The minimum atomic E-state index is -0.816. The molecule has 3 nitrogen and oxygen atoms in total. The predicted molar refractivity (Wildman–Crippen MR) is 36.6 cm³/mol. The molecule has 0 amide bonds. The Morgan fingerprint density at radius 3 is 2.70 bits per heavy atom. The Hall–Kier alpha value is -0.380. The molecule has 0 radical (unpaired) electrons. The van der Waals surface area contributed by atoms with Crippen LogP contribution in [0.1, 0.15) is 6.92 Å². The van der Waals surface area contributed by atoms with Crippen LogP contribution in [0, 0.1) is 0 Å². The Balaban J connectivity index is 2.60. The van der Waals surface area contributed by atoms with Crippen LogP contribution < -0.4 is 0 Å². The smallest absolute Gasteiger partial charge is 0.107 e. The molecule has 3 unspecified atom stereocenters. The van der Waals surface area contributed by atoms with Gasteiger partial charge in [-0.05, 0) is 12.5 Å². The first-order valence-electron chi connectivity index (χ1n) is 3.29. The molecule has 0 aromatic carbocycles. The summed E-state index contributed by atoms with van der Waals surface area (Å²) in [5.41, 5.74) is 0.554. The highest BCUT2D eigenvalue weighted by molar-refractivity contribution is 5.12. The van der Waals surface area contributed by atoms with Gasteiger partial charge in [-0.25, -0.2) is 0 Å². The molecule has 0 bridgehead atoms. The SMILES string of the molecule is C=C1C(C)OCC(O)C1O. The number of hydrogen-bond acceptors (Lipinski definition) is 3. The van der Waals surface area contributed by atoms with E-state index in [4.69, 9.17) is 9.84 Å². The van der Waals surface area contributed by atoms with Crippen molar-refractivity contribution >= 4 is 0 Å². The van der Waals surface area contributed by atoms with Gasteiger partial charge in [0, 0.05) is 0 Å². The third kappa shape index (κ3) is 1.21. The van der Waals surface area contributed by atoms with E-state index in [-0.39, 0.29) is 12.7 Å². The van der Waals surface area contributed by atoms with E-state index in [2.05, 4.69) is 6.58 Å². The van der Waals surface area contributed by atoms with Crippen LogP contribution in [0.5, 0.6) is 0 Å². The van der Waals surface area contributed by atoms with E-state index in [1.807, 2.05) is 0 Å². The summed E-state index contributed by atoms with van der Waals surface area (Å²) < 4.78 is 5.06. The lowest BCUT2D eigenvalue weighted by molar-refractivity contribution is -0.0782. The maximum Gasteiger partial charge on any atom is 0.107 e. The van der Waals surface area contributed by atoms with Gasteiger partial charge in [-0.1, -0.05) is 6.58 Å². The lowest BCUT2D eigenvalue weighted by Gasteiger charge is -2.30. The topological polar surface area (TPSA) is 49.7 Å². The van der Waals surface area contributed by atoms with Crippen molar-refractivity contribution in [1.29, 1.82) is 0 Å². The van der Waals surface area contributed by atoms with Gasteiger partial charge in [0.1, 0.15) is 12.2 Å². The van der Waals surface area contributed by atoms with Gasteiger partial charge >= 0.3 is 0 Å². The van der Waals surface area contributed by atoms with Gasteiger partial charge in [0.15, 0.2) is 0 Å². The van der Waals surface area contributed by atoms with Crippen LogP contribution in [-0.2, 0) is 4.74 Å². The molecule has 0 saturated carbocycles. The third-order valence-corrected chi connectivity index (χ3v) is 1.78. The van der Waals surface area contributed by atoms with E-state index in [0.29, 0.717) is 5.57 Å². The number of ether oxygens (including phenoxy) is 1. The standard InChI is InChI=1S/C7H12O3/c1-4-5(2)10-3-6(8)7(4)9/h5-9H,1,3H2,2H3. The Morgan fingerprint density at radius 2 is 2.20 bits per heavy atom. The quantitative estimate of drug-likeness (QED) is 0.458.